The molecular weight excluding hydrogens is 214 g/mol. The van der Waals surface area contributed by atoms with Crippen molar-refractivity contribution in [2.75, 3.05) is 26.7 Å². The van der Waals surface area contributed by atoms with Gasteiger partial charge in [0.05, 0.1) is 7.11 Å². The summed E-state index contributed by atoms with van der Waals surface area (Å²) >= 11 is 0. The molecule has 0 amide bonds. The van der Waals surface area contributed by atoms with E-state index in [-0.39, 0.29) is 6.04 Å². The number of nitrogens with zero attached hydrogens (tertiary/aromatic N) is 2. The highest BCUT2D eigenvalue weighted by molar-refractivity contribution is 5.21. The lowest BCUT2D eigenvalue weighted by Gasteiger charge is -2.29. The van der Waals surface area contributed by atoms with E-state index >= 15 is 0 Å². The zero-order valence-electron chi connectivity index (χ0n) is 11.0. The Labute approximate surface area is 104 Å². The molecule has 0 radical (unpaired) electrons. The molecule has 1 rings (SSSR count). The van der Waals surface area contributed by atoms with Crippen molar-refractivity contribution in [3.8, 4) is 5.88 Å². The Balaban J connectivity index is 2.83. The molecule has 0 spiro atoms. The molecule has 1 aromatic heterocycles. The van der Waals surface area contributed by atoms with Gasteiger partial charge in [-0.05, 0) is 25.1 Å². The molecule has 0 aliphatic carbocycles. The van der Waals surface area contributed by atoms with Gasteiger partial charge >= 0.3 is 0 Å². The van der Waals surface area contributed by atoms with E-state index < -0.39 is 0 Å². The first-order chi connectivity index (χ1) is 8.26. The lowest BCUT2D eigenvalue weighted by atomic mass is 10.1. The van der Waals surface area contributed by atoms with Gasteiger partial charge in [0.15, 0.2) is 0 Å². The number of methoxy groups -OCH3 is 1. The van der Waals surface area contributed by atoms with E-state index in [9.17, 15) is 0 Å². The average Bonchev–Trinajstić information content (AvgIpc) is 2.39. The highest BCUT2D eigenvalue weighted by Crippen LogP contribution is 2.20. The van der Waals surface area contributed by atoms with Crippen LogP contribution in [0.25, 0.3) is 0 Å². The molecule has 2 N–H and O–H groups in total. The number of ether oxygens (including phenoxy) is 1. The molecule has 1 heterocycles. The molecule has 0 fully saturated rings. The summed E-state index contributed by atoms with van der Waals surface area (Å²) in [4.78, 5) is 6.62. The molecule has 0 aromatic carbocycles. The Morgan fingerprint density at radius 1 is 1.41 bits per heavy atom. The standard InChI is InChI=1S/C13H23N3O/c1-4-8-16(5-2)12(9-14)11-6-7-13(17-3)15-10-11/h6-7,10,12H,4-5,8-9,14H2,1-3H3. The third kappa shape index (κ3) is 3.68. The molecule has 0 aliphatic heterocycles. The predicted octanol–water partition coefficient (Wildman–Crippen LogP) is 1.82. The lowest BCUT2D eigenvalue weighted by molar-refractivity contribution is 0.212. The maximum absolute atomic E-state index is 5.88. The third-order valence-electron chi connectivity index (χ3n) is 2.93. The number of aromatic nitrogens is 1. The predicted molar refractivity (Wildman–Crippen MR) is 70.1 cm³/mol. The quantitative estimate of drug-likeness (QED) is 0.786. The van der Waals surface area contributed by atoms with Gasteiger partial charge in [0.1, 0.15) is 0 Å². The third-order valence-corrected chi connectivity index (χ3v) is 2.93. The summed E-state index contributed by atoms with van der Waals surface area (Å²) in [6.45, 7) is 7.02. The number of pyridine rings is 1. The van der Waals surface area contributed by atoms with Gasteiger partial charge in [0.2, 0.25) is 5.88 Å². The van der Waals surface area contributed by atoms with E-state index in [0.29, 0.717) is 12.4 Å². The number of nitrogens with two attached hydrogens (primary N) is 1. The van der Waals surface area contributed by atoms with Crippen molar-refractivity contribution >= 4 is 0 Å². The summed E-state index contributed by atoms with van der Waals surface area (Å²) in [5.74, 6) is 0.642. The van der Waals surface area contributed by atoms with Crippen LogP contribution < -0.4 is 10.5 Å². The van der Waals surface area contributed by atoms with Crippen LogP contribution in [-0.4, -0.2) is 36.6 Å². The topological polar surface area (TPSA) is 51.4 Å². The van der Waals surface area contributed by atoms with Gasteiger partial charge in [0.25, 0.3) is 0 Å². The molecule has 4 heteroatoms. The first kappa shape index (κ1) is 13.9. The van der Waals surface area contributed by atoms with E-state index in [2.05, 4.69) is 23.7 Å². The molecule has 4 nitrogen and oxygen atoms in total. The molecule has 96 valence electrons. The first-order valence-electron chi connectivity index (χ1n) is 6.20. The number of hydrogen-bond acceptors (Lipinski definition) is 4. The van der Waals surface area contributed by atoms with Gasteiger partial charge in [-0.15, -0.1) is 0 Å². The molecule has 0 bridgehead atoms. The minimum absolute atomic E-state index is 0.248. The van der Waals surface area contributed by atoms with Crippen LogP contribution in [0.5, 0.6) is 5.88 Å². The summed E-state index contributed by atoms with van der Waals surface area (Å²) in [6.07, 6.45) is 2.99. The maximum atomic E-state index is 5.88. The monoisotopic (exact) mass is 237 g/mol. The molecule has 1 unspecified atom stereocenters. The molecule has 0 saturated heterocycles. The van der Waals surface area contributed by atoms with Crippen molar-refractivity contribution in [3.05, 3.63) is 23.9 Å². The summed E-state index contributed by atoms with van der Waals surface area (Å²) in [7, 11) is 1.62. The number of likely N-dealkylation sites (N-methyl/N-ethyl adjacent to an activating group) is 1. The normalized spacial score (nSPS) is 12.8. The SMILES string of the molecule is CCCN(CC)C(CN)c1ccc(OC)nc1. The Bertz CT molecular complexity index is 313. The zero-order chi connectivity index (χ0) is 12.7. The Morgan fingerprint density at radius 3 is 2.59 bits per heavy atom. The van der Waals surface area contributed by atoms with Gasteiger partial charge in [0, 0.05) is 24.8 Å². The molecule has 17 heavy (non-hydrogen) atoms. The van der Waals surface area contributed by atoms with Crippen LogP contribution in [0, 0.1) is 0 Å². The van der Waals surface area contributed by atoms with E-state index in [4.69, 9.17) is 10.5 Å². The van der Waals surface area contributed by atoms with Crippen molar-refractivity contribution in [2.45, 2.75) is 26.3 Å². The second-order valence-electron chi connectivity index (χ2n) is 4.01. The first-order valence-corrected chi connectivity index (χ1v) is 6.20. The largest absolute Gasteiger partial charge is 0.481 e. The Morgan fingerprint density at radius 2 is 2.18 bits per heavy atom. The van der Waals surface area contributed by atoms with Crippen LogP contribution in [-0.2, 0) is 0 Å². The summed E-state index contributed by atoms with van der Waals surface area (Å²) in [5.41, 5.74) is 7.04. The minimum atomic E-state index is 0.248. The van der Waals surface area contributed by atoms with Crippen molar-refractivity contribution in [3.63, 3.8) is 0 Å². The minimum Gasteiger partial charge on any atom is -0.481 e. The van der Waals surface area contributed by atoms with E-state index in [1.807, 2.05) is 18.3 Å². The zero-order valence-corrected chi connectivity index (χ0v) is 11.0. The van der Waals surface area contributed by atoms with E-state index in [1.54, 1.807) is 7.11 Å². The van der Waals surface area contributed by atoms with Crippen LogP contribution in [0.1, 0.15) is 31.9 Å². The lowest BCUT2D eigenvalue weighted by Crippen LogP contribution is -2.34. The summed E-state index contributed by atoms with van der Waals surface area (Å²) in [5, 5.41) is 0. The fourth-order valence-electron chi connectivity index (χ4n) is 2.03. The van der Waals surface area contributed by atoms with Gasteiger partial charge in [-0.2, -0.15) is 0 Å². The van der Waals surface area contributed by atoms with Crippen molar-refractivity contribution in [2.24, 2.45) is 5.73 Å². The Hall–Kier alpha value is -1.13. The van der Waals surface area contributed by atoms with Gasteiger partial charge in [-0.25, -0.2) is 4.98 Å². The van der Waals surface area contributed by atoms with Crippen LogP contribution >= 0.6 is 0 Å². The number of hydrogen-bond donors (Lipinski definition) is 1. The summed E-state index contributed by atoms with van der Waals surface area (Å²) < 4.78 is 5.06. The smallest absolute Gasteiger partial charge is 0.212 e. The van der Waals surface area contributed by atoms with Gasteiger partial charge < -0.3 is 10.5 Å². The molecule has 1 aromatic rings. The molecule has 0 aliphatic rings. The van der Waals surface area contributed by atoms with E-state index in [1.165, 1.54) is 0 Å². The number of rotatable bonds is 7. The van der Waals surface area contributed by atoms with Gasteiger partial charge in [-0.1, -0.05) is 19.9 Å². The molecule has 1 atom stereocenters. The maximum Gasteiger partial charge on any atom is 0.212 e. The van der Waals surface area contributed by atoms with E-state index in [0.717, 1.165) is 25.1 Å². The molecule has 0 saturated carbocycles. The summed E-state index contributed by atoms with van der Waals surface area (Å²) in [6, 6.07) is 4.18. The Kier molecular flexibility index (Phi) is 5.94. The van der Waals surface area contributed by atoms with Gasteiger partial charge in [-0.3, -0.25) is 4.90 Å². The van der Waals surface area contributed by atoms with Crippen LogP contribution in [0.15, 0.2) is 18.3 Å². The average molecular weight is 237 g/mol. The highest BCUT2D eigenvalue weighted by Gasteiger charge is 2.17. The second kappa shape index (κ2) is 7.25. The van der Waals surface area contributed by atoms with Crippen LogP contribution in [0.2, 0.25) is 0 Å². The van der Waals surface area contributed by atoms with Crippen molar-refractivity contribution in [1.29, 1.82) is 0 Å². The van der Waals surface area contributed by atoms with Crippen LogP contribution in [0.4, 0.5) is 0 Å². The van der Waals surface area contributed by atoms with Crippen molar-refractivity contribution in [1.82, 2.24) is 9.88 Å². The fourth-order valence-corrected chi connectivity index (χ4v) is 2.03. The van der Waals surface area contributed by atoms with Crippen LogP contribution in [0.3, 0.4) is 0 Å². The van der Waals surface area contributed by atoms with Crippen molar-refractivity contribution < 1.29 is 4.74 Å². The fraction of sp³-hybridized carbons (Fsp3) is 0.615. The molecular formula is C13H23N3O. The second-order valence-corrected chi connectivity index (χ2v) is 4.01. The highest BCUT2D eigenvalue weighted by atomic mass is 16.5.